The van der Waals surface area contributed by atoms with Crippen LogP contribution in [0, 0.1) is 23.0 Å². The van der Waals surface area contributed by atoms with E-state index < -0.39 is 11.6 Å². The minimum absolute atomic E-state index is 0.00803. The number of fused-ring (bicyclic) bond motifs is 3. The predicted octanol–water partition coefficient (Wildman–Crippen LogP) is 3.44. The number of anilines is 2. The third kappa shape index (κ3) is 3.01. The van der Waals surface area contributed by atoms with Crippen LogP contribution in [-0.4, -0.2) is 36.1 Å². The Balaban J connectivity index is 1.82. The molecule has 1 aliphatic heterocycles. The van der Waals surface area contributed by atoms with Crippen LogP contribution < -0.4 is 16.0 Å². The third-order valence-corrected chi connectivity index (χ3v) is 6.04. The zero-order valence-electron chi connectivity index (χ0n) is 16.9. The fourth-order valence-corrected chi connectivity index (χ4v) is 4.61. The van der Waals surface area contributed by atoms with E-state index in [1.807, 2.05) is 0 Å². The van der Waals surface area contributed by atoms with Crippen LogP contribution in [0.5, 0.6) is 0 Å². The van der Waals surface area contributed by atoms with Crippen LogP contribution >= 0.6 is 0 Å². The van der Waals surface area contributed by atoms with Gasteiger partial charge in [0.05, 0.1) is 16.9 Å². The summed E-state index contributed by atoms with van der Waals surface area (Å²) >= 11 is 0. The molecule has 0 amide bonds. The lowest BCUT2D eigenvalue weighted by atomic mass is 9.97. The standard InChI is InChI=1S/C23H20F2N6/c1-28-18-6-17(24)22(25)20-15(18)5-19-21(20)23(31-3-2-14(27)11-31)16(10-30-19)13-4-12(7-26)8-29-9-13/h4,6,8-10,14,28H,2-3,5,11,27H2,1H3/t14-/m1/s1. The third-order valence-electron chi connectivity index (χ3n) is 6.04. The minimum atomic E-state index is -0.904. The monoisotopic (exact) mass is 418 g/mol. The lowest BCUT2D eigenvalue weighted by molar-refractivity contribution is 0.511. The highest BCUT2D eigenvalue weighted by Crippen LogP contribution is 2.50. The van der Waals surface area contributed by atoms with Crippen molar-refractivity contribution in [1.29, 1.82) is 5.26 Å². The Kier molecular flexibility index (Phi) is 4.56. The molecule has 5 rings (SSSR count). The van der Waals surface area contributed by atoms with E-state index in [0.717, 1.165) is 17.7 Å². The first-order chi connectivity index (χ1) is 15.0. The summed E-state index contributed by atoms with van der Waals surface area (Å²) in [5.74, 6) is -1.78. The Morgan fingerprint density at radius 3 is 2.77 bits per heavy atom. The van der Waals surface area contributed by atoms with Gasteiger partial charge in [0, 0.05) is 85.2 Å². The molecule has 1 fully saturated rings. The van der Waals surface area contributed by atoms with E-state index in [-0.39, 0.29) is 11.6 Å². The summed E-state index contributed by atoms with van der Waals surface area (Å²) in [6.45, 7) is 1.29. The Labute approximate surface area is 178 Å². The normalized spacial score (nSPS) is 16.7. The Bertz CT molecular complexity index is 1250. The molecule has 2 aromatic heterocycles. The number of benzene rings is 1. The zero-order valence-corrected chi connectivity index (χ0v) is 16.9. The molecule has 1 atom stereocenters. The first-order valence-corrected chi connectivity index (χ1v) is 10.1. The van der Waals surface area contributed by atoms with Crippen molar-refractivity contribution in [2.45, 2.75) is 18.9 Å². The van der Waals surface area contributed by atoms with E-state index in [9.17, 15) is 9.65 Å². The molecule has 6 nitrogen and oxygen atoms in total. The van der Waals surface area contributed by atoms with Gasteiger partial charge in [0.25, 0.3) is 0 Å². The summed E-state index contributed by atoms with van der Waals surface area (Å²) in [4.78, 5) is 10.9. The van der Waals surface area contributed by atoms with E-state index in [1.165, 1.54) is 12.3 Å². The highest BCUT2D eigenvalue weighted by atomic mass is 19.2. The van der Waals surface area contributed by atoms with Crippen molar-refractivity contribution in [3.63, 3.8) is 0 Å². The van der Waals surface area contributed by atoms with Gasteiger partial charge in [-0.15, -0.1) is 0 Å². The van der Waals surface area contributed by atoms with Crippen molar-refractivity contribution >= 4 is 11.4 Å². The Morgan fingerprint density at radius 2 is 2.06 bits per heavy atom. The first kappa shape index (κ1) is 19.4. The molecule has 1 aromatic carbocycles. The molecule has 8 heteroatoms. The number of nitrogens with two attached hydrogens (primary N) is 1. The topological polar surface area (TPSA) is 90.9 Å². The molecule has 0 bridgehead atoms. The molecule has 3 N–H and O–H groups in total. The maximum Gasteiger partial charge on any atom is 0.167 e. The molecular weight excluding hydrogens is 398 g/mol. The largest absolute Gasteiger partial charge is 0.388 e. The predicted molar refractivity (Wildman–Crippen MR) is 115 cm³/mol. The SMILES string of the molecule is CNc1cc(F)c(F)c2c1Cc1ncc(-c3cncc(C#N)c3)c(N3CC[C@@H](N)C3)c1-2. The van der Waals surface area contributed by atoms with Crippen LogP contribution in [0.4, 0.5) is 20.2 Å². The molecule has 0 spiro atoms. The summed E-state index contributed by atoms with van der Waals surface area (Å²) in [5.41, 5.74) is 11.5. The molecule has 156 valence electrons. The van der Waals surface area contributed by atoms with Crippen molar-refractivity contribution in [1.82, 2.24) is 9.97 Å². The molecule has 2 aliphatic rings. The number of hydrogen-bond donors (Lipinski definition) is 2. The van der Waals surface area contributed by atoms with Crippen LogP contribution in [0.3, 0.4) is 0 Å². The van der Waals surface area contributed by atoms with Crippen molar-refractivity contribution in [3.8, 4) is 28.3 Å². The van der Waals surface area contributed by atoms with Crippen molar-refractivity contribution in [2.75, 3.05) is 30.4 Å². The molecule has 3 heterocycles. The zero-order chi connectivity index (χ0) is 21.7. The van der Waals surface area contributed by atoms with Gasteiger partial charge in [-0.25, -0.2) is 8.78 Å². The second kappa shape index (κ2) is 7.29. The quantitative estimate of drug-likeness (QED) is 0.530. The van der Waals surface area contributed by atoms with E-state index in [0.29, 0.717) is 53.1 Å². The Morgan fingerprint density at radius 1 is 1.23 bits per heavy atom. The molecule has 3 aromatic rings. The summed E-state index contributed by atoms with van der Waals surface area (Å²) in [6.07, 6.45) is 6.07. The number of nitrogens with zero attached hydrogens (tertiary/aromatic N) is 4. The second-order valence-corrected chi connectivity index (χ2v) is 7.91. The fraction of sp³-hybridized carbons (Fsp3) is 0.261. The van der Waals surface area contributed by atoms with Gasteiger partial charge in [0.15, 0.2) is 11.6 Å². The summed E-state index contributed by atoms with van der Waals surface area (Å²) < 4.78 is 29.7. The fourth-order valence-electron chi connectivity index (χ4n) is 4.61. The van der Waals surface area contributed by atoms with Crippen molar-refractivity contribution in [3.05, 3.63) is 59.2 Å². The molecule has 0 unspecified atom stereocenters. The maximum atomic E-state index is 15.2. The van der Waals surface area contributed by atoms with E-state index in [2.05, 4.69) is 26.3 Å². The highest BCUT2D eigenvalue weighted by molar-refractivity contribution is 5.96. The van der Waals surface area contributed by atoms with Gasteiger partial charge in [0.1, 0.15) is 6.07 Å². The van der Waals surface area contributed by atoms with Crippen LogP contribution in [0.2, 0.25) is 0 Å². The molecule has 1 aliphatic carbocycles. The minimum Gasteiger partial charge on any atom is -0.388 e. The van der Waals surface area contributed by atoms with E-state index in [1.54, 1.807) is 25.5 Å². The molecule has 1 saturated heterocycles. The maximum absolute atomic E-state index is 15.2. The number of nitrogens with one attached hydrogen (secondary N) is 1. The van der Waals surface area contributed by atoms with Crippen molar-refractivity contribution < 1.29 is 8.78 Å². The lowest BCUT2D eigenvalue weighted by Gasteiger charge is -2.25. The molecule has 31 heavy (non-hydrogen) atoms. The van der Waals surface area contributed by atoms with E-state index >= 15 is 4.39 Å². The molecular formula is C23H20F2N6. The number of halogens is 2. The molecule has 0 saturated carbocycles. The average molecular weight is 418 g/mol. The van der Waals surface area contributed by atoms with Gasteiger partial charge in [-0.1, -0.05) is 0 Å². The highest BCUT2D eigenvalue weighted by Gasteiger charge is 2.35. The number of aromatic nitrogens is 2. The van der Waals surface area contributed by atoms with Gasteiger partial charge < -0.3 is 16.0 Å². The van der Waals surface area contributed by atoms with Crippen LogP contribution in [0.1, 0.15) is 23.2 Å². The van der Waals surface area contributed by atoms with Gasteiger partial charge in [0.2, 0.25) is 0 Å². The van der Waals surface area contributed by atoms with E-state index in [4.69, 9.17) is 5.73 Å². The molecule has 0 radical (unpaired) electrons. The van der Waals surface area contributed by atoms with Gasteiger partial charge in [-0.05, 0) is 18.1 Å². The van der Waals surface area contributed by atoms with Crippen molar-refractivity contribution in [2.24, 2.45) is 5.73 Å². The number of pyridine rings is 2. The van der Waals surface area contributed by atoms with Gasteiger partial charge in [-0.3, -0.25) is 9.97 Å². The number of hydrogen-bond acceptors (Lipinski definition) is 6. The number of rotatable bonds is 3. The number of nitriles is 1. The Hall–Kier alpha value is -3.57. The van der Waals surface area contributed by atoms with Gasteiger partial charge in [-0.2, -0.15) is 5.26 Å². The second-order valence-electron chi connectivity index (χ2n) is 7.91. The average Bonchev–Trinajstić information content (AvgIpc) is 3.39. The lowest BCUT2D eigenvalue weighted by Crippen LogP contribution is -2.27. The first-order valence-electron chi connectivity index (χ1n) is 10.1. The summed E-state index contributed by atoms with van der Waals surface area (Å²) in [6, 6.07) is 5.01. The smallest absolute Gasteiger partial charge is 0.167 e. The van der Waals surface area contributed by atoms with Crippen LogP contribution in [0.25, 0.3) is 22.3 Å². The van der Waals surface area contributed by atoms with Gasteiger partial charge >= 0.3 is 0 Å². The summed E-state index contributed by atoms with van der Waals surface area (Å²) in [7, 11) is 1.69. The van der Waals surface area contributed by atoms with Crippen LogP contribution in [0.15, 0.2) is 30.7 Å². The summed E-state index contributed by atoms with van der Waals surface area (Å²) in [5, 5.41) is 12.3. The van der Waals surface area contributed by atoms with Crippen LogP contribution in [-0.2, 0) is 6.42 Å².